The molecule has 1 aromatic rings. The molecule has 2 N–H and O–H groups in total. The van der Waals surface area contributed by atoms with Crippen molar-refractivity contribution >= 4 is 17.3 Å². The molecule has 0 fully saturated rings. The fourth-order valence-corrected chi connectivity index (χ4v) is 2.05. The Bertz CT molecular complexity index is 358. The molecule has 0 radical (unpaired) electrons. The van der Waals surface area contributed by atoms with E-state index in [4.69, 9.17) is 24.7 Å². The number of esters is 1. The van der Waals surface area contributed by atoms with E-state index in [1.807, 2.05) is 17.5 Å². The van der Waals surface area contributed by atoms with Crippen LogP contribution < -0.4 is 5.73 Å². The summed E-state index contributed by atoms with van der Waals surface area (Å²) in [6.45, 7) is 2.58. The summed E-state index contributed by atoms with van der Waals surface area (Å²) in [5.74, 6) is -0.438. The predicted molar refractivity (Wildman–Crippen MR) is 75.7 cm³/mol. The Labute approximate surface area is 122 Å². The number of hydrogen-bond acceptors (Lipinski definition) is 7. The van der Waals surface area contributed by atoms with E-state index in [1.54, 1.807) is 7.11 Å². The van der Waals surface area contributed by atoms with Gasteiger partial charge in [-0.15, -0.1) is 11.3 Å². The van der Waals surface area contributed by atoms with Gasteiger partial charge < -0.3 is 24.7 Å². The third-order valence-electron chi connectivity index (χ3n) is 2.38. The van der Waals surface area contributed by atoms with Crippen LogP contribution in [-0.4, -0.2) is 52.7 Å². The Morgan fingerprint density at radius 2 is 1.85 bits per heavy atom. The number of thiophene rings is 1. The molecule has 0 bridgehead atoms. The maximum atomic E-state index is 11.6. The Morgan fingerprint density at radius 1 is 1.20 bits per heavy atom. The first-order valence-corrected chi connectivity index (χ1v) is 7.23. The lowest BCUT2D eigenvalue weighted by Gasteiger charge is -2.10. The zero-order chi connectivity index (χ0) is 14.6. The summed E-state index contributed by atoms with van der Waals surface area (Å²) in [6, 6.07) is 2.94. The highest BCUT2D eigenvalue weighted by Crippen LogP contribution is 2.17. The van der Waals surface area contributed by atoms with E-state index in [-0.39, 0.29) is 6.61 Å². The van der Waals surface area contributed by atoms with E-state index in [1.165, 1.54) is 11.3 Å². The number of carbonyl (C=O) groups is 1. The minimum Gasteiger partial charge on any atom is -0.462 e. The van der Waals surface area contributed by atoms with Gasteiger partial charge in [-0.05, 0) is 11.4 Å². The van der Waals surface area contributed by atoms with Crippen LogP contribution in [0.3, 0.4) is 0 Å². The molecular formula is C13H21NO5S. The summed E-state index contributed by atoms with van der Waals surface area (Å²) >= 11 is 1.43. The molecule has 114 valence electrons. The molecule has 0 aliphatic rings. The second-order valence-electron chi connectivity index (χ2n) is 3.88. The smallest absolute Gasteiger partial charge is 0.328 e. The molecule has 1 aromatic heterocycles. The molecule has 0 amide bonds. The van der Waals surface area contributed by atoms with Crippen molar-refractivity contribution in [3.8, 4) is 0 Å². The molecule has 7 heteroatoms. The number of nitrogens with two attached hydrogens (primary N) is 1. The van der Waals surface area contributed by atoms with E-state index in [2.05, 4.69) is 0 Å². The van der Waals surface area contributed by atoms with E-state index in [9.17, 15) is 4.79 Å². The summed E-state index contributed by atoms with van der Waals surface area (Å²) in [5, 5.41) is 1.87. The topological polar surface area (TPSA) is 80.0 Å². The SMILES string of the molecule is COCCOCCOCCOC(=O)C(N)c1cccs1. The van der Waals surface area contributed by atoms with Gasteiger partial charge in [0.2, 0.25) is 0 Å². The first kappa shape index (κ1) is 17.1. The monoisotopic (exact) mass is 303 g/mol. The lowest BCUT2D eigenvalue weighted by molar-refractivity contribution is -0.147. The largest absolute Gasteiger partial charge is 0.462 e. The van der Waals surface area contributed by atoms with E-state index in [0.717, 1.165) is 4.88 Å². The number of hydrogen-bond donors (Lipinski definition) is 1. The van der Waals surface area contributed by atoms with Crippen LogP contribution in [0.2, 0.25) is 0 Å². The Hall–Kier alpha value is -0.990. The van der Waals surface area contributed by atoms with Crippen LogP contribution >= 0.6 is 11.3 Å². The van der Waals surface area contributed by atoms with Gasteiger partial charge in [-0.3, -0.25) is 0 Å². The van der Waals surface area contributed by atoms with Crippen molar-refractivity contribution in [2.75, 3.05) is 46.8 Å². The third kappa shape index (κ3) is 6.97. The molecule has 1 atom stereocenters. The van der Waals surface area contributed by atoms with Crippen LogP contribution in [-0.2, 0) is 23.7 Å². The minimum absolute atomic E-state index is 0.190. The highest BCUT2D eigenvalue weighted by Gasteiger charge is 2.17. The number of ether oxygens (including phenoxy) is 4. The molecule has 1 unspecified atom stereocenters. The van der Waals surface area contributed by atoms with Gasteiger partial charge in [-0.1, -0.05) is 6.07 Å². The molecule has 1 heterocycles. The first-order valence-electron chi connectivity index (χ1n) is 6.35. The molecule has 6 nitrogen and oxygen atoms in total. The molecule has 0 aliphatic carbocycles. The minimum atomic E-state index is -0.715. The lowest BCUT2D eigenvalue weighted by Crippen LogP contribution is -2.24. The zero-order valence-electron chi connectivity index (χ0n) is 11.6. The summed E-state index contributed by atoms with van der Waals surface area (Å²) < 4.78 is 20.3. The maximum absolute atomic E-state index is 11.6. The molecule has 0 aliphatic heterocycles. The summed E-state index contributed by atoms with van der Waals surface area (Å²) in [6.07, 6.45) is 0. The van der Waals surface area contributed by atoms with Crippen molar-refractivity contribution in [2.24, 2.45) is 5.73 Å². The predicted octanol–water partition coefficient (Wildman–Crippen LogP) is 0.971. The van der Waals surface area contributed by atoms with Crippen LogP contribution in [0.25, 0.3) is 0 Å². The van der Waals surface area contributed by atoms with Gasteiger partial charge in [0, 0.05) is 12.0 Å². The van der Waals surface area contributed by atoms with E-state index >= 15 is 0 Å². The van der Waals surface area contributed by atoms with Gasteiger partial charge in [0.1, 0.15) is 12.6 Å². The van der Waals surface area contributed by atoms with E-state index in [0.29, 0.717) is 33.0 Å². The second kappa shape index (κ2) is 10.8. The molecule has 1 rings (SSSR count). The van der Waals surface area contributed by atoms with Crippen LogP contribution in [0.4, 0.5) is 0 Å². The van der Waals surface area contributed by atoms with Gasteiger partial charge in [0.15, 0.2) is 0 Å². The Morgan fingerprint density at radius 3 is 2.45 bits per heavy atom. The van der Waals surface area contributed by atoms with Gasteiger partial charge in [-0.25, -0.2) is 4.79 Å². The van der Waals surface area contributed by atoms with Crippen molar-refractivity contribution in [1.82, 2.24) is 0 Å². The third-order valence-corrected chi connectivity index (χ3v) is 3.33. The molecule has 0 saturated carbocycles. The Kier molecular flexibility index (Phi) is 9.18. The average molecular weight is 303 g/mol. The normalized spacial score (nSPS) is 12.3. The highest BCUT2D eigenvalue weighted by atomic mass is 32.1. The maximum Gasteiger partial charge on any atom is 0.328 e. The van der Waals surface area contributed by atoms with Crippen molar-refractivity contribution in [3.63, 3.8) is 0 Å². The summed E-state index contributed by atoms with van der Waals surface area (Å²) in [5.41, 5.74) is 5.76. The number of rotatable bonds is 11. The number of carbonyl (C=O) groups excluding carboxylic acids is 1. The van der Waals surface area contributed by atoms with Crippen LogP contribution in [0, 0.1) is 0 Å². The van der Waals surface area contributed by atoms with Gasteiger partial charge in [0.25, 0.3) is 0 Å². The molecule has 0 aromatic carbocycles. The molecule has 0 spiro atoms. The number of methoxy groups -OCH3 is 1. The average Bonchev–Trinajstić information content (AvgIpc) is 2.98. The highest BCUT2D eigenvalue weighted by molar-refractivity contribution is 7.10. The van der Waals surface area contributed by atoms with Crippen LogP contribution in [0.1, 0.15) is 10.9 Å². The van der Waals surface area contributed by atoms with Crippen molar-refractivity contribution in [1.29, 1.82) is 0 Å². The van der Waals surface area contributed by atoms with Crippen molar-refractivity contribution in [2.45, 2.75) is 6.04 Å². The summed E-state index contributed by atoms with van der Waals surface area (Å²) in [4.78, 5) is 12.4. The standard InChI is InChI=1S/C13H21NO5S/c1-16-4-5-17-6-7-18-8-9-19-13(15)12(14)11-3-2-10-20-11/h2-3,10,12H,4-9,14H2,1H3. The van der Waals surface area contributed by atoms with E-state index < -0.39 is 12.0 Å². The molecule has 0 saturated heterocycles. The van der Waals surface area contributed by atoms with Crippen molar-refractivity contribution in [3.05, 3.63) is 22.4 Å². The fourth-order valence-electron chi connectivity index (χ4n) is 1.34. The van der Waals surface area contributed by atoms with Crippen LogP contribution in [0.5, 0.6) is 0 Å². The fraction of sp³-hybridized carbons (Fsp3) is 0.615. The van der Waals surface area contributed by atoms with Crippen LogP contribution in [0.15, 0.2) is 17.5 Å². The first-order chi connectivity index (χ1) is 9.75. The lowest BCUT2D eigenvalue weighted by atomic mass is 10.2. The van der Waals surface area contributed by atoms with Gasteiger partial charge in [-0.2, -0.15) is 0 Å². The van der Waals surface area contributed by atoms with Gasteiger partial charge >= 0.3 is 5.97 Å². The quantitative estimate of drug-likeness (QED) is 0.485. The Balaban J connectivity index is 1.97. The summed E-state index contributed by atoms with van der Waals surface area (Å²) in [7, 11) is 1.62. The second-order valence-corrected chi connectivity index (χ2v) is 4.86. The zero-order valence-corrected chi connectivity index (χ0v) is 12.4. The molecule has 20 heavy (non-hydrogen) atoms. The van der Waals surface area contributed by atoms with Gasteiger partial charge in [0.05, 0.1) is 33.0 Å². The molecular weight excluding hydrogens is 282 g/mol. The van der Waals surface area contributed by atoms with Crippen molar-refractivity contribution < 1.29 is 23.7 Å².